The smallest absolute Gasteiger partial charge is 0.322 e. The molecule has 0 aliphatic carbocycles. The van der Waals surface area contributed by atoms with Gasteiger partial charge in [-0.15, -0.1) is 6.58 Å². The number of esters is 1. The average Bonchev–Trinajstić information content (AvgIpc) is 2.69. The molecule has 1 N–H and O–H groups in total. The summed E-state index contributed by atoms with van der Waals surface area (Å²) in [5, 5.41) is 3.20. The van der Waals surface area contributed by atoms with Gasteiger partial charge in [-0.3, -0.25) is 4.79 Å². The van der Waals surface area contributed by atoms with Gasteiger partial charge in [-0.2, -0.15) is 0 Å². The lowest BCUT2D eigenvalue weighted by atomic mass is 10.1. The second kappa shape index (κ2) is 7.56. The van der Waals surface area contributed by atoms with Gasteiger partial charge in [-0.05, 0) is 19.3 Å². The number of rotatable bonds is 3. The predicted octanol–water partition coefficient (Wildman–Crippen LogP) is 1.88. The van der Waals surface area contributed by atoms with Gasteiger partial charge in [0.2, 0.25) is 0 Å². The Bertz CT molecular complexity index is 180. The van der Waals surface area contributed by atoms with Crippen LogP contribution < -0.4 is 5.32 Å². The molecule has 82 valence electrons. The van der Waals surface area contributed by atoms with Crippen molar-refractivity contribution >= 4 is 5.97 Å². The highest BCUT2D eigenvalue weighted by Crippen LogP contribution is 2.15. The molecular weight excluding hydrogens is 178 g/mol. The van der Waals surface area contributed by atoms with Crippen molar-refractivity contribution in [1.29, 1.82) is 0 Å². The largest absolute Gasteiger partial charge is 0.468 e. The Kier molecular flexibility index (Phi) is 7.11. The van der Waals surface area contributed by atoms with Crippen LogP contribution >= 0.6 is 0 Å². The highest BCUT2D eigenvalue weighted by molar-refractivity contribution is 5.76. The van der Waals surface area contributed by atoms with Crippen molar-refractivity contribution in [2.45, 2.75) is 45.2 Å². The van der Waals surface area contributed by atoms with Crippen LogP contribution in [0.5, 0.6) is 0 Å². The van der Waals surface area contributed by atoms with Gasteiger partial charge < -0.3 is 10.1 Å². The molecule has 2 unspecified atom stereocenters. The zero-order valence-electron chi connectivity index (χ0n) is 9.38. The van der Waals surface area contributed by atoms with Crippen molar-refractivity contribution in [3.63, 3.8) is 0 Å². The van der Waals surface area contributed by atoms with Crippen LogP contribution in [-0.2, 0) is 9.53 Å². The van der Waals surface area contributed by atoms with Crippen LogP contribution in [0.4, 0.5) is 0 Å². The Morgan fingerprint density at radius 3 is 2.71 bits per heavy atom. The third kappa shape index (κ3) is 3.92. The molecule has 14 heavy (non-hydrogen) atoms. The molecule has 0 bridgehead atoms. The van der Waals surface area contributed by atoms with Gasteiger partial charge in [0.1, 0.15) is 6.04 Å². The van der Waals surface area contributed by atoms with E-state index in [2.05, 4.69) is 16.6 Å². The molecule has 0 aromatic carbocycles. The first-order valence-corrected chi connectivity index (χ1v) is 5.22. The normalized spacial score (nSPS) is 24.8. The van der Waals surface area contributed by atoms with Gasteiger partial charge in [0.05, 0.1) is 7.11 Å². The summed E-state index contributed by atoms with van der Waals surface area (Å²) in [5.74, 6) is -0.151. The highest BCUT2D eigenvalue weighted by atomic mass is 16.5. The summed E-state index contributed by atoms with van der Waals surface area (Å²) in [6.45, 7) is 7.66. The van der Waals surface area contributed by atoms with Crippen molar-refractivity contribution in [3.05, 3.63) is 12.7 Å². The van der Waals surface area contributed by atoms with Crippen molar-refractivity contribution in [3.8, 4) is 0 Å². The van der Waals surface area contributed by atoms with Crippen molar-refractivity contribution in [1.82, 2.24) is 5.32 Å². The molecular formula is C11H21NO2. The van der Waals surface area contributed by atoms with Gasteiger partial charge in [-0.25, -0.2) is 0 Å². The van der Waals surface area contributed by atoms with Crippen LogP contribution in [0.25, 0.3) is 0 Å². The molecule has 3 heteroatoms. The van der Waals surface area contributed by atoms with E-state index < -0.39 is 0 Å². The van der Waals surface area contributed by atoms with Gasteiger partial charge in [0.15, 0.2) is 0 Å². The minimum Gasteiger partial charge on any atom is -0.468 e. The Balaban J connectivity index is 0.000000791. The third-order valence-electron chi connectivity index (χ3n) is 2.18. The SMILES string of the molecule is C=CCC1CCC(C(=O)OC)N1.CC. The summed E-state index contributed by atoms with van der Waals surface area (Å²) in [5.41, 5.74) is 0. The molecule has 0 amide bonds. The van der Waals surface area contributed by atoms with E-state index in [9.17, 15) is 4.79 Å². The zero-order chi connectivity index (χ0) is 11.0. The lowest BCUT2D eigenvalue weighted by Gasteiger charge is -2.10. The van der Waals surface area contributed by atoms with Crippen molar-refractivity contribution < 1.29 is 9.53 Å². The summed E-state index contributed by atoms with van der Waals surface area (Å²) in [6, 6.07) is 0.312. The summed E-state index contributed by atoms with van der Waals surface area (Å²) >= 11 is 0. The maximum Gasteiger partial charge on any atom is 0.322 e. The molecule has 3 nitrogen and oxygen atoms in total. The van der Waals surface area contributed by atoms with Gasteiger partial charge in [0.25, 0.3) is 0 Å². The van der Waals surface area contributed by atoms with Crippen LogP contribution in [0.2, 0.25) is 0 Å². The first-order chi connectivity index (χ1) is 6.77. The number of hydrogen-bond acceptors (Lipinski definition) is 3. The molecule has 1 fully saturated rings. The monoisotopic (exact) mass is 199 g/mol. The van der Waals surface area contributed by atoms with E-state index in [1.807, 2.05) is 19.9 Å². The van der Waals surface area contributed by atoms with Crippen LogP contribution in [-0.4, -0.2) is 25.2 Å². The van der Waals surface area contributed by atoms with E-state index in [-0.39, 0.29) is 12.0 Å². The van der Waals surface area contributed by atoms with Gasteiger partial charge in [0, 0.05) is 6.04 Å². The Hall–Kier alpha value is -0.830. The minimum atomic E-state index is -0.151. The average molecular weight is 199 g/mol. The summed E-state index contributed by atoms with van der Waals surface area (Å²) in [7, 11) is 1.42. The summed E-state index contributed by atoms with van der Waals surface area (Å²) < 4.78 is 4.63. The first kappa shape index (κ1) is 13.2. The van der Waals surface area contributed by atoms with E-state index in [1.165, 1.54) is 7.11 Å². The summed E-state index contributed by atoms with van der Waals surface area (Å²) in [6.07, 6.45) is 4.71. The molecule has 1 rings (SSSR count). The zero-order valence-corrected chi connectivity index (χ0v) is 9.38. The van der Waals surface area contributed by atoms with E-state index in [0.717, 1.165) is 19.3 Å². The van der Waals surface area contributed by atoms with Gasteiger partial charge >= 0.3 is 5.97 Å². The van der Waals surface area contributed by atoms with Crippen molar-refractivity contribution in [2.75, 3.05) is 7.11 Å². The van der Waals surface area contributed by atoms with Crippen LogP contribution in [0.15, 0.2) is 12.7 Å². The molecule has 1 aliphatic rings. The molecule has 1 heterocycles. The maximum atomic E-state index is 11.1. The number of methoxy groups -OCH3 is 1. The molecule has 0 aromatic heterocycles. The Morgan fingerprint density at radius 1 is 1.57 bits per heavy atom. The fraction of sp³-hybridized carbons (Fsp3) is 0.727. The third-order valence-corrected chi connectivity index (χ3v) is 2.18. The number of carbonyl (C=O) groups is 1. The fourth-order valence-corrected chi connectivity index (χ4v) is 1.53. The van der Waals surface area contributed by atoms with E-state index in [4.69, 9.17) is 0 Å². The number of ether oxygens (including phenoxy) is 1. The Morgan fingerprint density at radius 2 is 2.21 bits per heavy atom. The molecule has 2 atom stereocenters. The molecule has 1 aliphatic heterocycles. The van der Waals surface area contributed by atoms with E-state index in [1.54, 1.807) is 0 Å². The van der Waals surface area contributed by atoms with Crippen LogP contribution in [0.1, 0.15) is 33.1 Å². The summed E-state index contributed by atoms with van der Waals surface area (Å²) in [4.78, 5) is 11.1. The van der Waals surface area contributed by atoms with Gasteiger partial charge in [-0.1, -0.05) is 19.9 Å². The van der Waals surface area contributed by atoms with Crippen LogP contribution in [0.3, 0.4) is 0 Å². The standard InChI is InChI=1S/C9H15NO2.C2H6/c1-3-4-7-5-6-8(10-7)9(11)12-2;1-2/h3,7-8,10H,1,4-6H2,2H3;1-2H3. The topological polar surface area (TPSA) is 38.3 Å². The quantitative estimate of drug-likeness (QED) is 0.557. The predicted molar refractivity (Wildman–Crippen MR) is 58.1 cm³/mol. The lowest BCUT2D eigenvalue weighted by Crippen LogP contribution is -2.35. The molecule has 0 spiro atoms. The maximum absolute atomic E-state index is 11.1. The number of hydrogen-bond donors (Lipinski definition) is 1. The first-order valence-electron chi connectivity index (χ1n) is 5.22. The lowest BCUT2D eigenvalue weighted by molar-refractivity contribution is -0.142. The van der Waals surface area contributed by atoms with Crippen LogP contribution in [0, 0.1) is 0 Å². The molecule has 0 saturated carbocycles. The number of carbonyl (C=O) groups excluding carboxylic acids is 1. The Labute approximate surface area is 86.5 Å². The van der Waals surface area contributed by atoms with E-state index in [0.29, 0.717) is 6.04 Å². The fourth-order valence-electron chi connectivity index (χ4n) is 1.53. The molecule has 0 radical (unpaired) electrons. The second-order valence-corrected chi connectivity index (χ2v) is 3.04. The number of nitrogens with one attached hydrogen (secondary N) is 1. The minimum absolute atomic E-state index is 0.0973. The second-order valence-electron chi connectivity index (χ2n) is 3.04. The molecule has 1 saturated heterocycles. The highest BCUT2D eigenvalue weighted by Gasteiger charge is 2.28. The van der Waals surface area contributed by atoms with Crippen molar-refractivity contribution in [2.24, 2.45) is 0 Å². The van der Waals surface area contributed by atoms with E-state index >= 15 is 0 Å². The molecule has 0 aromatic rings.